The molecule has 3 rings (SSSR count). The first-order chi connectivity index (χ1) is 4.81. The van der Waals surface area contributed by atoms with Gasteiger partial charge in [-0.1, -0.05) is 0 Å². The van der Waals surface area contributed by atoms with Gasteiger partial charge in [0.2, 0.25) is 0 Å². The molecule has 0 aromatic carbocycles. The maximum absolute atomic E-state index is 10.5. The van der Waals surface area contributed by atoms with Gasteiger partial charge in [-0.05, 0) is 32.2 Å². The first-order valence-electron chi connectivity index (χ1n) is 3.98. The Kier molecular flexibility index (Phi) is 1.31. The quantitative estimate of drug-likeness (QED) is 0.498. The molecule has 2 heterocycles. The van der Waals surface area contributed by atoms with Crippen LogP contribution in [0.3, 0.4) is 0 Å². The zero-order valence-electron chi connectivity index (χ0n) is 6.29. The topological polar surface area (TPSA) is 20.3 Å². The van der Waals surface area contributed by atoms with Crippen molar-refractivity contribution in [1.82, 2.24) is 4.90 Å². The molecule has 56 valence electrons. The fourth-order valence-electron chi connectivity index (χ4n) is 2.16. The molecule has 1 saturated carbocycles. The van der Waals surface area contributed by atoms with E-state index in [2.05, 4.69) is 11.9 Å². The highest BCUT2D eigenvalue weighted by molar-refractivity contribution is 5.58. The van der Waals surface area contributed by atoms with Gasteiger partial charge in [-0.15, -0.1) is 0 Å². The van der Waals surface area contributed by atoms with Crippen LogP contribution in [0.4, 0.5) is 0 Å². The van der Waals surface area contributed by atoms with E-state index in [-0.39, 0.29) is 6.04 Å². The number of aldehydes is 1. The van der Waals surface area contributed by atoms with Crippen LogP contribution in [-0.2, 0) is 4.79 Å². The molecule has 2 bridgehead atoms. The van der Waals surface area contributed by atoms with Crippen LogP contribution in [0, 0.1) is 5.92 Å². The first-order valence-corrected chi connectivity index (χ1v) is 3.98. The number of rotatable bonds is 1. The highest BCUT2D eigenvalue weighted by Gasteiger charge is 2.41. The van der Waals surface area contributed by atoms with Crippen molar-refractivity contribution in [3.8, 4) is 0 Å². The summed E-state index contributed by atoms with van der Waals surface area (Å²) in [7, 11) is 2.07. The second kappa shape index (κ2) is 2.06. The van der Waals surface area contributed by atoms with Gasteiger partial charge in [0.15, 0.2) is 0 Å². The molecule has 1 atom stereocenters. The fourth-order valence-corrected chi connectivity index (χ4v) is 2.16. The highest BCUT2D eigenvalue weighted by atomic mass is 16.1. The van der Waals surface area contributed by atoms with Gasteiger partial charge in [-0.3, -0.25) is 4.90 Å². The summed E-state index contributed by atoms with van der Waals surface area (Å²) < 4.78 is 0. The molecule has 10 heavy (non-hydrogen) atoms. The summed E-state index contributed by atoms with van der Waals surface area (Å²) in [6.45, 7) is 0. The third-order valence-electron chi connectivity index (χ3n) is 3.04. The predicted molar refractivity (Wildman–Crippen MR) is 38.7 cm³/mol. The van der Waals surface area contributed by atoms with Crippen molar-refractivity contribution in [2.75, 3.05) is 7.05 Å². The third-order valence-corrected chi connectivity index (χ3v) is 3.04. The van der Waals surface area contributed by atoms with Crippen molar-refractivity contribution in [2.45, 2.75) is 31.3 Å². The van der Waals surface area contributed by atoms with Crippen LogP contribution in [0.15, 0.2) is 0 Å². The van der Waals surface area contributed by atoms with Crippen molar-refractivity contribution in [2.24, 2.45) is 5.92 Å². The molecule has 3 fully saturated rings. The maximum atomic E-state index is 10.5. The number of likely N-dealkylation sites (N-methyl/N-ethyl adjacent to an activating group) is 1. The minimum atomic E-state index is 0.234. The molecular weight excluding hydrogens is 126 g/mol. The zero-order chi connectivity index (χ0) is 7.14. The maximum Gasteiger partial charge on any atom is 0.137 e. The van der Waals surface area contributed by atoms with E-state index in [4.69, 9.17) is 0 Å². The Balaban J connectivity index is 2.05. The molecule has 2 heteroatoms. The van der Waals surface area contributed by atoms with Crippen molar-refractivity contribution < 1.29 is 4.79 Å². The van der Waals surface area contributed by atoms with E-state index in [1.807, 2.05) is 0 Å². The summed E-state index contributed by atoms with van der Waals surface area (Å²) >= 11 is 0. The van der Waals surface area contributed by atoms with E-state index in [9.17, 15) is 4.79 Å². The normalized spacial score (nSPS) is 46.3. The molecule has 0 N–H and O–H groups in total. The second-order valence-electron chi connectivity index (χ2n) is 3.60. The number of carbonyl (C=O) groups excluding carboxylic acids is 1. The van der Waals surface area contributed by atoms with Gasteiger partial charge in [0, 0.05) is 6.04 Å². The number of hydrogen-bond acceptors (Lipinski definition) is 2. The largest absolute Gasteiger partial charge is 0.302 e. The summed E-state index contributed by atoms with van der Waals surface area (Å²) in [5, 5.41) is 0. The zero-order valence-corrected chi connectivity index (χ0v) is 6.29. The lowest BCUT2D eigenvalue weighted by atomic mass is 9.71. The van der Waals surface area contributed by atoms with Gasteiger partial charge >= 0.3 is 0 Å². The van der Waals surface area contributed by atoms with E-state index < -0.39 is 0 Å². The van der Waals surface area contributed by atoms with Gasteiger partial charge in [0.1, 0.15) is 6.29 Å². The lowest BCUT2D eigenvalue weighted by Gasteiger charge is -2.50. The van der Waals surface area contributed by atoms with Crippen LogP contribution in [0.25, 0.3) is 0 Å². The van der Waals surface area contributed by atoms with Gasteiger partial charge in [-0.25, -0.2) is 0 Å². The minimum Gasteiger partial charge on any atom is -0.302 e. The minimum absolute atomic E-state index is 0.234. The summed E-state index contributed by atoms with van der Waals surface area (Å²) in [5.74, 6) is 0.872. The van der Waals surface area contributed by atoms with Crippen LogP contribution in [0.2, 0.25) is 0 Å². The Labute approximate surface area is 61.2 Å². The number of carbonyl (C=O) groups is 1. The third kappa shape index (κ3) is 0.717. The first kappa shape index (κ1) is 6.35. The van der Waals surface area contributed by atoms with E-state index in [0.29, 0.717) is 0 Å². The molecule has 0 amide bonds. The molecule has 0 spiro atoms. The summed E-state index contributed by atoms with van der Waals surface area (Å²) in [6.07, 6.45) is 4.87. The van der Waals surface area contributed by atoms with Gasteiger partial charge < -0.3 is 4.79 Å². The van der Waals surface area contributed by atoms with Gasteiger partial charge in [0.25, 0.3) is 0 Å². The van der Waals surface area contributed by atoms with Gasteiger partial charge in [0.05, 0.1) is 6.04 Å². The van der Waals surface area contributed by atoms with Crippen LogP contribution in [0.5, 0.6) is 0 Å². The second-order valence-corrected chi connectivity index (χ2v) is 3.60. The summed E-state index contributed by atoms with van der Waals surface area (Å²) in [4.78, 5) is 12.7. The Morgan fingerprint density at radius 2 is 2.10 bits per heavy atom. The lowest BCUT2D eigenvalue weighted by Crippen LogP contribution is -2.55. The van der Waals surface area contributed by atoms with E-state index >= 15 is 0 Å². The van der Waals surface area contributed by atoms with E-state index in [1.54, 1.807) is 0 Å². The molecule has 2 saturated heterocycles. The standard InChI is InChI=1S/C8H13NO/c1-9-7-2-6(3-7)4-8(9)5-10/h5-8H,2-4H2,1H3. The Hall–Kier alpha value is -0.370. The van der Waals surface area contributed by atoms with Gasteiger partial charge in [-0.2, -0.15) is 0 Å². The molecular formula is C8H13NO. The summed E-state index contributed by atoms with van der Waals surface area (Å²) in [6, 6.07) is 0.964. The van der Waals surface area contributed by atoms with Crippen molar-refractivity contribution in [3.05, 3.63) is 0 Å². The molecule has 3 aliphatic rings. The van der Waals surface area contributed by atoms with E-state index in [0.717, 1.165) is 24.7 Å². The van der Waals surface area contributed by atoms with Crippen LogP contribution in [-0.4, -0.2) is 30.3 Å². The predicted octanol–water partition coefficient (Wildman–Crippen LogP) is 0.668. The molecule has 2 aliphatic heterocycles. The summed E-state index contributed by atoms with van der Waals surface area (Å²) in [5.41, 5.74) is 0. The monoisotopic (exact) mass is 139 g/mol. The molecule has 0 radical (unpaired) electrons. The number of hydrogen-bond donors (Lipinski definition) is 0. The average molecular weight is 139 g/mol. The van der Waals surface area contributed by atoms with Crippen LogP contribution < -0.4 is 0 Å². The van der Waals surface area contributed by atoms with Crippen LogP contribution in [0.1, 0.15) is 19.3 Å². The van der Waals surface area contributed by atoms with Crippen molar-refractivity contribution >= 4 is 6.29 Å². The van der Waals surface area contributed by atoms with Crippen LogP contribution >= 0.6 is 0 Å². The number of piperidine rings is 2. The molecule has 0 aromatic rings. The molecule has 0 aromatic heterocycles. The smallest absolute Gasteiger partial charge is 0.137 e. The fraction of sp³-hybridized carbons (Fsp3) is 0.875. The van der Waals surface area contributed by atoms with Crippen molar-refractivity contribution in [3.63, 3.8) is 0 Å². The van der Waals surface area contributed by atoms with Crippen molar-refractivity contribution in [1.29, 1.82) is 0 Å². The molecule has 1 unspecified atom stereocenters. The lowest BCUT2D eigenvalue weighted by molar-refractivity contribution is -0.119. The Bertz CT molecular complexity index is 151. The highest BCUT2D eigenvalue weighted by Crippen LogP contribution is 2.40. The number of nitrogens with zero attached hydrogens (tertiary/aromatic N) is 1. The number of fused-ring (bicyclic) bond motifs is 2. The SMILES string of the molecule is CN1C(C=O)CC2CC1C2. The molecule has 1 aliphatic carbocycles. The Morgan fingerprint density at radius 3 is 2.50 bits per heavy atom. The Morgan fingerprint density at radius 1 is 1.40 bits per heavy atom. The average Bonchev–Trinajstić information content (AvgIpc) is 1.85. The molecule has 2 nitrogen and oxygen atoms in total. The van der Waals surface area contributed by atoms with E-state index in [1.165, 1.54) is 12.8 Å².